The molecule has 2 aromatic rings. The highest BCUT2D eigenvalue weighted by Gasteiger charge is 2.43. The molecule has 1 saturated heterocycles. The second kappa shape index (κ2) is 8.14. The monoisotopic (exact) mass is 398 g/mol. The van der Waals surface area contributed by atoms with Gasteiger partial charge in [0.2, 0.25) is 0 Å². The van der Waals surface area contributed by atoms with Gasteiger partial charge in [0.05, 0.1) is 6.04 Å². The van der Waals surface area contributed by atoms with Crippen LogP contribution in [0.1, 0.15) is 36.8 Å². The van der Waals surface area contributed by atoms with E-state index in [4.69, 9.17) is 22.1 Å². The van der Waals surface area contributed by atoms with Crippen LogP contribution in [0.25, 0.3) is 0 Å². The summed E-state index contributed by atoms with van der Waals surface area (Å²) in [5.74, 6) is 0. The van der Waals surface area contributed by atoms with Crippen molar-refractivity contribution in [1.82, 2.24) is 4.90 Å². The second-order valence-electron chi connectivity index (χ2n) is 8.05. The molecule has 2 fully saturated rings. The number of halogens is 1. The van der Waals surface area contributed by atoms with E-state index < -0.39 is 0 Å². The van der Waals surface area contributed by atoms with Gasteiger partial charge >= 0.3 is 6.09 Å². The van der Waals surface area contributed by atoms with Gasteiger partial charge in [-0.05, 0) is 55.4 Å². The highest BCUT2D eigenvalue weighted by molar-refractivity contribution is 6.30. The number of hydrogen-bond acceptors (Lipinski definition) is 3. The Morgan fingerprint density at radius 3 is 2.54 bits per heavy atom. The van der Waals surface area contributed by atoms with Crippen molar-refractivity contribution < 1.29 is 9.53 Å². The van der Waals surface area contributed by atoms with Crippen LogP contribution in [0.3, 0.4) is 0 Å². The maximum Gasteiger partial charge on any atom is 0.410 e. The molecule has 0 bridgehead atoms. The Balaban J connectivity index is 1.47. The Morgan fingerprint density at radius 1 is 1.11 bits per heavy atom. The number of hydrogen-bond donors (Lipinski definition) is 1. The average Bonchev–Trinajstić information content (AvgIpc) is 3.09. The van der Waals surface area contributed by atoms with Crippen molar-refractivity contribution in [2.45, 2.75) is 49.6 Å². The summed E-state index contributed by atoms with van der Waals surface area (Å²) >= 11 is 6.22. The van der Waals surface area contributed by atoms with Crippen molar-refractivity contribution in [3.05, 3.63) is 70.7 Å². The number of amides is 1. The van der Waals surface area contributed by atoms with Crippen LogP contribution in [0.15, 0.2) is 54.6 Å². The number of nitrogens with two attached hydrogens (primary N) is 1. The summed E-state index contributed by atoms with van der Waals surface area (Å²) < 4.78 is 5.43. The minimum Gasteiger partial charge on any atom is -0.447 e. The van der Waals surface area contributed by atoms with Gasteiger partial charge in [-0.15, -0.1) is 0 Å². The van der Waals surface area contributed by atoms with Gasteiger partial charge in [-0.1, -0.05) is 54.1 Å². The maximum absolute atomic E-state index is 12.5. The first-order valence-electron chi connectivity index (χ1n) is 10.1. The van der Waals surface area contributed by atoms with E-state index in [9.17, 15) is 4.79 Å². The molecule has 0 spiro atoms. The predicted molar refractivity (Wildman–Crippen MR) is 112 cm³/mol. The van der Waals surface area contributed by atoms with E-state index in [0.29, 0.717) is 13.2 Å². The van der Waals surface area contributed by atoms with Crippen molar-refractivity contribution in [2.75, 3.05) is 13.2 Å². The summed E-state index contributed by atoms with van der Waals surface area (Å²) in [5, 5.41) is 0.749. The van der Waals surface area contributed by atoms with Crippen LogP contribution in [0.4, 0.5) is 4.79 Å². The fourth-order valence-corrected chi connectivity index (χ4v) is 5.01. The van der Waals surface area contributed by atoms with Gasteiger partial charge in [-0.3, -0.25) is 4.90 Å². The van der Waals surface area contributed by atoms with Crippen LogP contribution in [-0.4, -0.2) is 36.2 Å². The highest BCUT2D eigenvalue weighted by atomic mass is 35.5. The molecule has 148 valence electrons. The number of nitrogens with zero attached hydrogens (tertiary/aromatic N) is 1. The molecular weight excluding hydrogens is 372 g/mol. The first kappa shape index (κ1) is 19.3. The van der Waals surface area contributed by atoms with E-state index in [1.807, 2.05) is 41.3 Å². The third kappa shape index (κ3) is 3.76. The summed E-state index contributed by atoms with van der Waals surface area (Å²) in [6, 6.07) is 18.7. The SMILES string of the molecule is NCC1(c2cccc(Cl)c2)CCC(N2C(=O)OC[C@H]2Cc2ccccc2)CC1. The summed E-state index contributed by atoms with van der Waals surface area (Å²) in [4.78, 5) is 14.5. The Bertz CT molecular complexity index is 818. The molecule has 4 rings (SSSR count). The van der Waals surface area contributed by atoms with E-state index in [0.717, 1.165) is 37.1 Å². The van der Waals surface area contributed by atoms with Gasteiger partial charge in [0, 0.05) is 23.0 Å². The number of carbonyl (C=O) groups is 1. The summed E-state index contributed by atoms with van der Waals surface area (Å²) in [6.45, 7) is 1.07. The first-order chi connectivity index (χ1) is 13.6. The molecule has 1 aliphatic carbocycles. The van der Waals surface area contributed by atoms with Crippen LogP contribution in [-0.2, 0) is 16.6 Å². The standard InChI is InChI=1S/C23H27ClN2O2/c24-19-8-4-7-18(14-19)23(16-25)11-9-20(10-12-23)26-21(15-28-22(26)27)13-17-5-2-1-3-6-17/h1-8,14,20-21H,9-13,15-16,25H2/t20?,21-,23?/m1/s1. The minimum atomic E-state index is -0.172. The molecule has 2 aliphatic rings. The molecule has 1 heterocycles. The molecule has 2 aromatic carbocycles. The molecule has 1 aliphatic heterocycles. The third-order valence-corrected chi connectivity index (χ3v) is 6.69. The molecule has 0 unspecified atom stereocenters. The van der Waals surface area contributed by atoms with Crippen molar-refractivity contribution in [3.63, 3.8) is 0 Å². The topological polar surface area (TPSA) is 55.6 Å². The zero-order valence-corrected chi connectivity index (χ0v) is 16.8. The Morgan fingerprint density at radius 2 is 1.86 bits per heavy atom. The van der Waals surface area contributed by atoms with Crippen LogP contribution >= 0.6 is 11.6 Å². The van der Waals surface area contributed by atoms with E-state index in [1.54, 1.807) is 0 Å². The lowest BCUT2D eigenvalue weighted by atomic mass is 9.68. The molecular formula is C23H27ClN2O2. The van der Waals surface area contributed by atoms with E-state index >= 15 is 0 Å². The van der Waals surface area contributed by atoms with Gasteiger partial charge in [-0.25, -0.2) is 4.79 Å². The summed E-state index contributed by atoms with van der Waals surface area (Å²) in [5.41, 5.74) is 8.62. The molecule has 1 atom stereocenters. The van der Waals surface area contributed by atoms with Crippen LogP contribution in [0, 0.1) is 0 Å². The van der Waals surface area contributed by atoms with Crippen molar-refractivity contribution in [2.24, 2.45) is 5.73 Å². The largest absolute Gasteiger partial charge is 0.447 e. The summed E-state index contributed by atoms with van der Waals surface area (Å²) in [7, 11) is 0. The lowest BCUT2D eigenvalue weighted by Gasteiger charge is -2.43. The van der Waals surface area contributed by atoms with E-state index in [2.05, 4.69) is 18.2 Å². The predicted octanol–water partition coefficient (Wildman–Crippen LogP) is 4.54. The van der Waals surface area contributed by atoms with Gasteiger partial charge in [0.25, 0.3) is 0 Å². The molecule has 0 aromatic heterocycles. The van der Waals surface area contributed by atoms with Crippen LogP contribution < -0.4 is 5.73 Å². The normalized spacial score (nSPS) is 27.6. The van der Waals surface area contributed by atoms with Crippen LogP contribution in [0.2, 0.25) is 5.02 Å². The Labute approximate surface area is 171 Å². The molecule has 28 heavy (non-hydrogen) atoms. The molecule has 5 heteroatoms. The van der Waals surface area contributed by atoms with Crippen LogP contribution in [0.5, 0.6) is 0 Å². The number of rotatable bonds is 5. The Hall–Kier alpha value is -2.04. The van der Waals surface area contributed by atoms with Gasteiger partial charge in [-0.2, -0.15) is 0 Å². The number of ether oxygens (including phenoxy) is 1. The van der Waals surface area contributed by atoms with Crippen molar-refractivity contribution >= 4 is 17.7 Å². The van der Waals surface area contributed by atoms with Gasteiger partial charge in [0.1, 0.15) is 6.61 Å². The van der Waals surface area contributed by atoms with E-state index in [-0.39, 0.29) is 23.6 Å². The molecule has 2 N–H and O–H groups in total. The summed E-state index contributed by atoms with van der Waals surface area (Å²) in [6.07, 6.45) is 4.44. The Kier molecular flexibility index (Phi) is 5.61. The minimum absolute atomic E-state index is 0.0556. The smallest absolute Gasteiger partial charge is 0.410 e. The number of carbonyl (C=O) groups excluding carboxylic acids is 1. The molecule has 4 nitrogen and oxygen atoms in total. The fourth-order valence-electron chi connectivity index (χ4n) is 4.82. The van der Waals surface area contributed by atoms with Crippen molar-refractivity contribution in [1.29, 1.82) is 0 Å². The molecule has 0 radical (unpaired) electrons. The lowest BCUT2D eigenvalue weighted by molar-refractivity contribution is 0.117. The van der Waals surface area contributed by atoms with Gasteiger partial charge in [0.15, 0.2) is 0 Å². The van der Waals surface area contributed by atoms with E-state index in [1.165, 1.54) is 11.1 Å². The fraction of sp³-hybridized carbons (Fsp3) is 0.435. The maximum atomic E-state index is 12.5. The van der Waals surface area contributed by atoms with Crippen molar-refractivity contribution in [3.8, 4) is 0 Å². The number of benzene rings is 2. The first-order valence-corrected chi connectivity index (χ1v) is 10.4. The average molecular weight is 399 g/mol. The molecule has 1 amide bonds. The quantitative estimate of drug-likeness (QED) is 0.804. The van der Waals surface area contributed by atoms with Gasteiger partial charge < -0.3 is 10.5 Å². The second-order valence-corrected chi connectivity index (χ2v) is 8.49. The highest BCUT2D eigenvalue weighted by Crippen LogP contribution is 2.42. The lowest BCUT2D eigenvalue weighted by Crippen LogP contribution is -2.49. The molecule has 1 saturated carbocycles. The zero-order chi connectivity index (χ0) is 19.6. The third-order valence-electron chi connectivity index (χ3n) is 6.45. The number of cyclic esters (lactones) is 1. The zero-order valence-electron chi connectivity index (χ0n) is 16.0.